The van der Waals surface area contributed by atoms with Gasteiger partial charge in [0.25, 0.3) is 0 Å². The second-order valence-electron chi connectivity index (χ2n) is 4.58. The van der Waals surface area contributed by atoms with E-state index >= 15 is 0 Å². The highest BCUT2D eigenvalue weighted by atomic mass is 32.2. The Morgan fingerprint density at radius 3 is 2.75 bits per heavy atom. The minimum absolute atomic E-state index is 0.0553. The molecule has 1 unspecified atom stereocenters. The number of aliphatic hydroxyl groups is 2. The van der Waals surface area contributed by atoms with Crippen molar-refractivity contribution in [2.45, 2.75) is 23.8 Å². The number of benzene rings is 1. The fourth-order valence-corrected chi connectivity index (χ4v) is 3.72. The Balaban J connectivity index is 2.35. The molecule has 0 spiro atoms. The highest BCUT2D eigenvalue weighted by Gasteiger charge is 2.32. The first-order valence-electron chi connectivity index (χ1n) is 6.42. The monoisotopic (exact) mass is 295 g/mol. The Morgan fingerprint density at radius 2 is 2.10 bits per heavy atom. The van der Waals surface area contributed by atoms with Crippen molar-refractivity contribution in [3.8, 4) is 11.8 Å². The Bertz CT molecular complexity index is 630. The first kappa shape index (κ1) is 15.0. The van der Waals surface area contributed by atoms with E-state index in [-0.39, 0.29) is 18.0 Å². The predicted octanol–water partition coefficient (Wildman–Crippen LogP) is 0.176. The first-order valence-corrected chi connectivity index (χ1v) is 7.86. The van der Waals surface area contributed by atoms with Crippen LogP contribution in [-0.2, 0) is 10.0 Å². The van der Waals surface area contributed by atoms with Gasteiger partial charge in [-0.1, -0.05) is 24.0 Å². The van der Waals surface area contributed by atoms with Gasteiger partial charge in [0.2, 0.25) is 10.0 Å². The number of hydrogen-bond acceptors (Lipinski definition) is 4. The van der Waals surface area contributed by atoms with Crippen LogP contribution in [0.3, 0.4) is 0 Å². The van der Waals surface area contributed by atoms with E-state index in [0.717, 1.165) is 0 Å². The second-order valence-corrected chi connectivity index (χ2v) is 6.48. The normalized spacial score (nSPS) is 19.6. The first-order chi connectivity index (χ1) is 9.55. The summed E-state index contributed by atoms with van der Waals surface area (Å²) in [5, 5.41) is 18.2. The molecular weight excluding hydrogens is 278 g/mol. The van der Waals surface area contributed by atoms with Crippen molar-refractivity contribution in [1.82, 2.24) is 4.31 Å². The second kappa shape index (κ2) is 6.37. The number of nitrogens with zero attached hydrogens (tertiary/aromatic N) is 1. The molecule has 5 nitrogen and oxygen atoms in total. The lowest BCUT2D eigenvalue weighted by Crippen LogP contribution is -2.30. The van der Waals surface area contributed by atoms with Crippen LogP contribution in [0.2, 0.25) is 0 Å². The van der Waals surface area contributed by atoms with E-state index in [0.29, 0.717) is 24.9 Å². The molecule has 1 aliphatic heterocycles. The lowest BCUT2D eigenvalue weighted by molar-refractivity contribution is 0.189. The van der Waals surface area contributed by atoms with Gasteiger partial charge in [0.15, 0.2) is 0 Å². The van der Waals surface area contributed by atoms with Crippen LogP contribution in [0.15, 0.2) is 29.2 Å². The van der Waals surface area contributed by atoms with Gasteiger partial charge in [-0.15, -0.1) is 0 Å². The zero-order chi connectivity index (χ0) is 14.6. The summed E-state index contributed by atoms with van der Waals surface area (Å²) in [6.45, 7) is 0.392. The van der Waals surface area contributed by atoms with Crippen LogP contribution >= 0.6 is 0 Å². The van der Waals surface area contributed by atoms with Gasteiger partial charge in [-0.3, -0.25) is 0 Å². The number of hydrogen-bond donors (Lipinski definition) is 2. The van der Waals surface area contributed by atoms with Crippen molar-refractivity contribution in [3.05, 3.63) is 29.8 Å². The highest BCUT2D eigenvalue weighted by Crippen LogP contribution is 2.23. The molecule has 6 heteroatoms. The number of aliphatic hydroxyl groups excluding tert-OH is 2. The molecule has 1 heterocycles. The fourth-order valence-electron chi connectivity index (χ4n) is 2.08. The molecule has 1 aliphatic rings. The van der Waals surface area contributed by atoms with Gasteiger partial charge in [0.05, 0.1) is 17.6 Å². The largest absolute Gasteiger partial charge is 0.395 e. The van der Waals surface area contributed by atoms with Gasteiger partial charge in [-0.2, -0.15) is 4.31 Å². The summed E-state index contributed by atoms with van der Waals surface area (Å²) in [4.78, 5) is 0.152. The molecule has 1 aromatic carbocycles. The maximum Gasteiger partial charge on any atom is 0.244 e. The van der Waals surface area contributed by atoms with Crippen LogP contribution in [0, 0.1) is 11.8 Å². The van der Waals surface area contributed by atoms with Crippen LogP contribution in [0.1, 0.15) is 18.4 Å². The summed E-state index contributed by atoms with van der Waals surface area (Å²) >= 11 is 0. The van der Waals surface area contributed by atoms with Crippen molar-refractivity contribution in [2.75, 3.05) is 19.7 Å². The van der Waals surface area contributed by atoms with E-state index in [4.69, 9.17) is 5.11 Å². The Morgan fingerprint density at radius 1 is 1.35 bits per heavy atom. The zero-order valence-corrected chi connectivity index (χ0v) is 11.8. The van der Waals surface area contributed by atoms with Gasteiger partial charge in [0.1, 0.15) is 0 Å². The molecule has 1 saturated heterocycles. The minimum Gasteiger partial charge on any atom is -0.395 e. The molecule has 0 saturated carbocycles. The van der Waals surface area contributed by atoms with E-state index in [1.165, 1.54) is 10.4 Å². The standard InChI is InChI=1S/C14H17NO4S/c16-10-4-3-6-12-5-1-2-7-14(12)20(18,19)15-9-8-13(17)11-15/h1-2,5,7,13,16-17H,4,8-11H2. The number of rotatable bonds is 3. The summed E-state index contributed by atoms with van der Waals surface area (Å²) in [7, 11) is -3.63. The molecule has 20 heavy (non-hydrogen) atoms. The SMILES string of the molecule is O=S(=O)(c1ccccc1C#CCCO)N1CCC(O)C1. The molecule has 108 valence electrons. The van der Waals surface area contributed by atoms with Crippen molar-refractivity contribution < 1.29 is 18.6 Å². The maximum atomic E-state index is 12.5. The maximum absolute atomic E-state index is 12.5. The molecule has 0 amide bonds. The average Bonchev–Trinajstić information content (AvgIpc) is 2.87. The summed E-state index contributed by atoms with van der Waals surface area (Å²) in [6.07, 6.45) is 0.159. The van der Waals surface area contributed by atoms with E-state index in [1.807, 2.05) is 0 Å². The third-order valence-electron chi connectivity index (χ3n) is 3.09. The van der Waals surface area contributed by atoms with Crippen LogP contribution in [0.5, 0.6) is 0 Å². The molecule has 2 rings (SSSR count). The molecule has 1 fully saturated rings. The number of sulfonamides is 1. The molecule has 0 radical (unpaired) electrons. The summed E-state index contributed by atoms with van der Waals surface area (Å²) in [5.41, 5.74) is 0.419. The molecule has 0 bridgehead atoms. The Kier molecular flexibility index (Phi) is 4.78. The third kappa shape index (κ3) is 3.19. The van der Waals surface area contributed by atoms with Crippen molar-refractivity contribution in [2.24, 2.45) is 0 Å². The lowest BCUT2D eigenvalue weighted by Gasteiger charge is -2.16. The van der Waals surface area contributed by atoms with Crippen LogP contribution in [0.25, 0.3) is 0 Å². The molecule has 0 aromatic heterocycles. The Hall–Kier alpha value is -1.39. The van der Waals surface area contributed by atoms with Gasteiger partial charge >= 0.3 is 0 Å². The highest BCUT2D eigenvalue weighted by molar-refractivity contribution is 7.89. The van der Waals surface area contributed by atoms with Crippen molar-refractivity contribution >= 4 is 10.0 Å². The zero-order valence-electron chi connectivity index (χ0n) is 11.0. The van der Waals surface area contributed by atoms with Crippen molar-refractivity contribution in [3.63, 3.8) is 0 Å². The topological polar surface area (TPSA) is 77.8 Å². The van der Waals surface area contributed by atoms with E-state index in [9.17, 15) is 13.5 Å². The van der Waals surface area contributed by atoms with Gasteiger partial charge in [0, 0.05) is 25.1 Å². The van der Waals surface area contributed by atoms with Gasteiger partial charge in [-0.05, 0) is 18.6 Å². The van der Waals surface area contributed by atoms with Gasteiger partial charge < -0.3 is 10.2 Å². The summed E-state index contributed by atoms with van der Waals surface area (Å²) in [5.74, 6) is 5.51. The summed E-state index contributed by atoms with van der Waals surface area (Å²) < 4.78 is 26.3. The molecule has 0 aliphatic carbocycles. The third-order valence-corrected chi connectivity index (χ3v) is 5.01. The van der Waals surface area contributed by atoms with Crippen LogP contribution in [-0.4, -0.2) is 48.7 Å². The lowest BCUT2D eigenvalue weighted by atomic mass is 10.2. The number of β-amino-alcohol motifs (C(OH)–C–C–N with tert-alkyl or cyclic N) is 1. The Labute approximate surface area is 118 Å². The molecule has 2 N–H and O–H groups in total. The molecule has 1 aromatic rings. The van der Waals surface area contributed by atoms with Gasteiger partial charge in [-0.25, -0.2) is 8.42 Å². The van der Waals surface area contributed by atoms with Crippen molar-refractivity contribution in [1.29, 1.82) is 0 Å². The fraction of sp³-hybridized carbons (Fsp3) is 0.429. The minimum atomic E-state index is -3.63. The molecule has 1 atom stereocenters. The summed E-state index contributed by atoms with van der Waals surface area (Å²) in [6, 6.07) is 6.53. The molecular formula is C14H17NO4S. The smallest absolute Gasteiger partial charge is 0.244 e. The predicted molar refractivity (Wildman–Crippen MR) is 74.4 cm³/mol. The van der Waals surface area contributed by atoms with E-state index in [1.54, 1.807) is 18.2 Å². The van der Waals surface area contributed by atoms with E-state index in [2.05, 4.69) is 11.8 Å². The van der Waals surface area contributed by atoms with Crippen LogP contribution < -0.4 is 0 Å². The quantitative estimate of drug-likeness (QED) is 0.780. The van der Waals surface area contributed by atoms with E-state index < -0.39 is 16.1 Å². The average molecular weight is 295 g/mol. The van der Waals surface area contributed by atoms with Crippen LogP contribution in [0.4, 0.5) is 0 Å².